The summed E-state index contributed by atoms with van der Waals surface area (Å²) in [6.07, 6.45) is -4.91. The van der Waals surface area contributed by atoms with E-state index in [0.29, 0.717) is 12.1 Å². The number of nitrogens with one attached hydrogen (secondary N) is 1. The molecule has 2 N–H and O–H groups in total. The van der Waals surface area contributed by atoms with Gasteiger partial charge in [0, 0.05) is 11.8 Å². The number of carboxylic acid groups (broad SMARTS) is 1. The van der Waals surface area contributed by atoms with Crippen LogP contribution in [0, 0.1) is 16.0 Å². The molecule has 0 amide bonds. The van der Waals surface area contributed by atoms with Crippen LogP contribution in [0.25, 0.3) is 0 Å². The Balaban J connectivity index is 3.23. The third kappa shape index (κ3) is 4.07. The molecule has 1 aromatic carbocycles. The first-order valence-corrected chi connectivity index (χ1v) is 5.89. The third-order valence-electron chi connectivity index (χ3n) is 2.75. The van der Waals surface area contributed by atoms with Gasteiger partial charge in [0.05, 0.1) is 4.92 Å². The van der Waals surface area contributed by atoms with Crippen molar-refractivity contribution in [3.05, 3.63) is 33.9 Å². The molecule has 1 aromatic rings. The first kappa shape index (κ1) is 16.7. The van der Waals surface area contributed by atoms with E-state index in [9.17, 15) is 28.1 Å². The Morgan fingerprint density at radius 2 is 1.95 bits per heavy atom. The van der Waals surface area contributed by atoms with Crippen molar-refractivity contribution < 1.29 is 28.0 Å². The lowest BCUT2D eigenvalue weighted by Gasteiger charge is -2.19. The number of alkyl halides is 3. The summed E-state index contributed by atoms with van der Waals surface area (Å²) < 4.78 is 38.4. The van der Waals surface area contributed by atoms with Crippen molar-refractivity contribution in [3.8, 4) is 0 Å². The van der Waals surface area contributed by atoms with Gasteiger partial charge in [0.15, 0.2) is 0 Å². The third-order valence-corrected chi connectivity index (χ3v) is 2.75. The molecule has 1 rings (SSSR count). The molecule has 0 bridgehead atoms. The zero-order chi connectivity index (χ0) is 16.4. The number of anilines is 1. The van der Waals surface area contributed by atoms with Crippen LogP contribution in [0.5, 0.6) is 0 Å². The van der Waals surface area contributed by atoms with Gasteiger partial charge in [0.1, 0.15) is 11.6 Å². The number of rotatable bonds is 5. The lowest BCUT2D eigenvalue weighted by Crippen LogP contribution is -2.34. The predicted molar refractivity (Wildman–Crippen MR) is 68.0 cm³/mol. The lowest BCUT2D eigenvalue weighted by atomic mass is 10.0. The summed E-state index contributed by atoms with van der Waals surface area (Å²) in [5.74, 6) is -1.61. The quantitative estimate of drug-likeness (QED) is 0.644. The highest BCUT2D eigenvalue weighted by Crippen LogP contribution is 2.37. The molecule has 116 valence electrons. The van der Waals surface area contributed by atoms with E-state index in [1.54, 1.807) is 13.8 Å². The number of hydrogen-bond donors (Lipinski definition) is 2. The van der Waals surface area contributed by atoms with E-state index in [-0.39, 0.29) is 11.6 Å². The standard InChI is InChI=1S/C12H13F3N2O4/c1-6(2)10(11(18)19)16-7-3-4-9(17(20)21)8(5-7)12(13,14)15/h3-6,10,16H,1-2H3,(H,18,19)/t10-/m0/s1. The van der Waals surface area contributed by atoms with Crippen LogP contribution in [-0.2, 0) is 11.0 Å². The van der Waals surface area contributed by atoms with Crippen LogP contribution in [0.3, 0.4) is 0 Å². The van der Waals surface area contributed by atoms with Crippen molar-refractivity contribution >= 4 is 17.3 Å². The van der Waals surface area contributed by atoms with E-state index in [0.717, 1.165) is 6.07 Å². The van der Waals surface area contributed by atoms with E-state index in [1.807, 2.05) is 0 Å². The smallest absolute Gasteiger partial charge is 0.423 e. The second-order valence-corrected chi connectivity index (χ2v) is 4.69. The second-order valence-electron chi connectivity index (χ2n) is 4.69. The molecule has 0 radical (unpaired) electrons. The molecule has 0 aliphatic carbocycles. The molecule has 1 atom stereocenters. The molecule has 0 aliphatic heterocycles. The summed E-state index contributed by atoms with van der Waals surface area (Å²) >= 11 is 0. The molecule has 0 spiro atoms. The highest BCUT2D eigenvalue weighted by Gasteiger charge is 2.38. The van der Waals surface area contributed by atoms with Crippen LogP contribution in [0.2, 0.25) is 0 Å². The number of carboxylic acids is 1. The summed E-state index contributed by atoms with van der Waals surface area (Å²) in [6.45, 7) is 3.17. The van der Waals surface area contributed by atoms with Crippen molar-refractivity contribution in [2.45, 2.75) is 26.1 Å². The van der Waals surface area contributed by atoms with E-state index in [1.165, 1.54) is 0 Å². The molecule has 21 heavy (non-hydrogen) atoms. The summed E-state index contributed by atoms with van der Waals surface area (Å²) in [4.78, 5) is 20.5. The Morgan fingerprint density at radius 3 is 2.33 bits per heavy atom. The monoisotopic (exact) mass is 306 g/mol. The summed E-state index contributed by atoms with van der Waals surface area (Å²) in [7, 11) is 0. The van der Waals surface area contributed by atoms with Crippen molar-refractivity contribution in [3.63, 3.8) is 0 Å². The van der Waals surface area contributed by atoms with Crippen LogP contribution in [0.4, 0.5) is 24.5 Å². The summed E-state index contributed by atoms with van der Waals surface area (Å²) in [5, 5.41) is 22.0. The molecule has 0 heterocycles. The Hall–Kier alpha value is -2.32. The average Bonchev–Trinajstić information content (AvgIpc) is 2.33. The molecule has 9 heteroatoms. The van der Waals surface area contributed by atoms with Gasteiger partial charge in [0.2, 0.25) is 0 Å². The Labute approximate surface area is 117 Å². The Bertz CT molecular complexity index is 558. The van der Waals surface area contributed by atoms with Gasteiger partial charge < -0.3 is 10.4 Å². The van der Waals surface area contributed by atoms with Gasteiger partial charge in [-0.1, -0.05) is 13.8 Å². The van der Waals surface area contributed by atoms with Gasteiger partial charge >= 0.3 is 12.1 Å². The number of benzene rings is 1. The van der Waals surface area contributed by atoms with Crippen LogP contribution < -0.4 is 5.32 Å². The van der Waals surface area contributed by atoms with Crippen LogP contribution >= 0.6 is 0 Å². The maximum atomic E-state index is 12.8. The Kier molecular flexibility index (Phi) is 4.77. The van der Waals surface area contributed by atoms with E-state index >= 15 is 0 Å². The molecule has 6 nitrogen and oxygen atoms in total. The normalized spacial score (nSPS) is 13.0. The van der Waals surface area contributed by atoms with Crippen molar-refractivity contribution in [2.24, 2.45) is 5.92 Å². The predicted octanol–water partition coefficient (Wildman–Crippen LogP) is 3.13. The minimum absolute atomic E-state index is 0.144. The van der Waals surface area contributed by atoms with Gasteiger partial charge in [-0.3, -0.25) is 10.1 Å². The number of halogens is 3. The van der Waals surface area contributed by atoms with E-state index < -0.39 is 34.4 Å². The lowest BCUT2D eigenvalue weighted by molar-refractivity contribution is -0.388. The number of hydrogen-bond acceptors (Lipinski definition) is 4. The first-order chi connectivity index (χ1) is 9.54. The van der Waals surface area contributed by atoms with Crippen LogP contribution in [0.15, 0.2) is 18.2 Å². The highest BCUT2D eigenvalue weighted by molar-refractivity contribution is 5.78. The van der Waals surface area contributed by atoms with Crippen molar-refractivity contribution in [2.75, 3.05) is 5.32 Å². The minimum Gasteiger partial charge on any atom is -0.480 e. The fraction of sp³-hybridized carbons (Fsp3) is 0.417. The van der Waals surface area contributed by atoms with Gasteiger partial charge in [-0.2, -0.15) is 13.2 Å². The van der Waals surface area contributed by atoms with Gasteiger partial charge in [-0.05, 0) is 18.1 Å². The summed E-state index contributed by atoms with van der Waals surface area (Å²) in [6, 6.07) is 1.18. The number of aliphatic carboxylic acids is 1. The minimum atomic E-state index is -4.91. The topological polar surface area (TPSA) is 92.5 Å². The van der Waals surface area contributed by atoms with Gasteiger partial charge in [-0.25, -0.2) is 4.79 Å². The number of nitro groups is 1. The van der Waals surface area contributed by atoms with E-state index in [4.69, 9.17) is 5.11 Å². The van der Waals surface area contributed by atoms with Crippen LogP contribution in [0.1, 0.15) is 19.4 Å². The second kappa shape index (κ2) is 5.98. The molecule has 0 aromatic heterocycles. The number of nitrogens with zero attached hydrogens (tertiary/aromatic N) is 1. The SMILES string of the molecule is CC(C)[C@H](Nc1ccc([N+](=O)[O-])c(C(F)(F)F)c1)C(=O)O. The molecule has 0 aliphatic rings. The maximum Gasteiger partial charge on any atom is 0.423 e. The fourth-order valence-electron chi connectivity index (χ4n) is 1.71. The van der Waals surface area contributed by atoms with Crippen LogP contribution in [-0.4, -0.2) is 22.0 Å². The zero-order valence-corrected chi connectivity index (χ0v) is 11.1. The van der Waals surface area contributed by atoms with Crippen molar-refractivity contribution in [1.82, 2.24) is 0 Å². The van der Waals surface area contributed by atoms with E-state index in [2.05, 4.69) is 5.32 Å². The Morgan fingerprint density at radius 1 is 1.38 bits per heavy atom. The first-order valence-electron chi connectivity index (χ1n) is 5.89. The zero-order valence-electron chi connectivity index (χ0n) is 11.1. The average molecular weight is 306 g/mol. The molecule has 0 unspecified atom stereocenters. The van der Waals surface area contributed by atoms with Gasteiger partial charge in [0.25, 0.3) is 5.69 Å². The molecule has 0 saturated heterocycles. The molecule has 0 saturated carbocycles. The largest absolute Gasteiger partial charge is 0.480 e. The number of nitro benzene ring substituents is 1. The fourth-order valence-corrected chi connectivity index (χ4v) is 1.71. The van der Waals surface area contributed by atoms with Crippen molar-refractivity contribution in [1.29, 1.82) is 0 Å². The maximum absolute atomic E-state index is 12.8. The molecular formula is C12H13F3N2O4. The summed E-state index contributed by atoms with van der Waals surface area (Å²) in [5.41, 5.74) is -2.65. The van der Waals surface area contributed by atoms with Gasteiger partial charge in [-0.15, -0.1) is 0 Å². The molecule has 0 fully saturated rings. The highest BCUT2D eigenvalue weighted by atomic mass is 19.4. The number of carbonyl (C=O) groups is 1. The molecular weight excluding hydrogens is 293 g/mol.